The average molecular weight is 430 g/mol. The van der Waals surface area contributed by atoms with Crippen molar-refractivity contribution in [2.45, 2.75) is 32.4 Å². The van der Waals surface area contributed by atoms with Gasteiger partial charge in [-0.05, 0) is 30.2 Å². The van der Waals surface area contributed by atoms with E-state index in [0.717, 1.165) is 22.8 Å². The molecule has 2 aromatic carbocycles. The van der Waals surface area contributed by atoms with Crippen LogP contribution >= 0.6 is 0 Å². The van der Waals surface area contributed by atoms with Crippen LogP contribution in [0.4, 0.5) is 19.0 Å². The van der Waals surface area contributed by atoms with Crippen molar-refractivity contribution in [3.8, 4) is 5.75 Å². The molecule has 2 N–H and O–H groups in total. The summed E-state index contributed by atoms with van der Waals surface area (Å²) in [6.45, 7) is 2.54. The average Bonchev–Trinajstić information content (AvgIpc) is 3.16. The molecule has 0 radical (unpaired) electrons. The van der Waals surface area contributed by atoms with Crippen molar-refractivity contribution < 1.29 is 22.6 Å². The topological polar surface area (TPSA) is 75.2 Å². The van der Waals surface area contributed by atoms with Gasteiger partial charge < -0.3 is 19.8 Å². The van der Waals surface area contributed by atoms with Crippen LogP contribution in [0.2, 0.25) is 0 Å². The predicted molar refractivity (Wildman–Crippen MR) is 112 cm³/mol. The molecule has 0 bridgehead atoms. The summed E-state index contributed by atoms with van der Waals surface area (Å²) in [5.74, 6) is 0.0976. The van der Waals surface area contributed by atoms with Crippen LogP contribution < -0.4 is 10.5 Å². The minimum Gasteiger partial charge on any atom is -0.406 e. The number of nitrogens with two attached hydrogens (primary N) is 1. The van der Waals surface area contributed by atoms with Crippen LogP contribution in [0.3, 0.4) is 0 Å². The van der Waals surface area contributed by atoms with Crippen molar-refractivity contribution in [3.63, 3.8) is 0 Å². The molecule has 1 unspecified atom stereocenters. The maximum Gasteiger partial charge on any atom is 0.573 e. The molecule has 9 heteroatoms. The number of nitrogens with zero attached hydrogens (tertiary/aromatic N) is 3. The molecule has 0 aliphatic carbocycles. The summed E-state index contributed by atoms with van der Waals surface area (Å²) in [5, 5.41) is 0.944. The predicted octanol–water partition coefficient (Wildman–Crippen LogP) is 5.23. The Hall–Kier alpha value is -3.33. The Balaban J connectivity index is 1.53. The van der Waals surface area contributed by atoms with Gasteiger partial charge in [0, 0.05) is 5.39 Å². The number of rotatable bonds is 7. The Morgan fingerprint density at radius 1 is 1.13 bits per heavy atom. The fourth-order valence-electron chi connectivity index (χ4n) is 3.59. The molecule has 0 fully saturated rings. The highest BCUT2D eigenvalue weighted by Gasteiger charge is 2.31. The van der Waals surface area contributed by atoms with E-state index >= 15 is 0 Å². The lowest BCUT2D eigenvalue weighted by atomic mass is 10.1. The molecule has 6 nitrogen and oxygen atoms in total. The smallest absolute Gasteiger partial charge is 0.406 e. The third kappa shape index (κ3) is 4.56. The van der Waals surface area contributed by atoms with Gasteiger partial charge in [-0.1, -0.05) is 37.3 Å². The molecule has 4 aromatic rings. The first-order chi connectivity index (χ1) is 14.9. The number of pyridine rings is 1. The van der Waals surface area contributed by atoms with Gasteiger partial charge >= 0.3 is 6.36 Å². The molecular formula is C22H21F3N4O2. The lowest BCUT2D eigenvalue weighted by Gasteiger charge is -2.19. The number of imidazole rings is 1. The van der Waals surface area contributed by atoms with Crippen LogP contribution in [0.15, 0.2) is 54.9 Å². The zero-order valence-corrected chi connectivity index (χ0v) is 16.8. The Bertz CT molecular complexity index is 1210. The Labute approximate surface area is 176 Å². The van der Waals surface area contributed by atoms with Gasteiger partial charge in [0.15, 0.2) is 5.82 Å². The number of alkyl halides is 3. The van der Waals surface area contributed by atoms with E-state index < -0.39 is 6.36 Å². The van der Waals surface area contributed by atoms with Crippen molar-refractivity contribution in [1.82, 2.24) is 14.5 Å². The second-order valence-corrected chi connectivity index (χ2v) is 7.14. The third-order valence-corrected chi connectivity index (χ3v) is 5.01. The number of ether oxygens (including phenoxy) is 2. The van der Waals surface area contributed by atoms with E-state index in [1.807, 2.05) is 35.8 Å². The minimum atomic E-state index is -4.73. The summed E-state index contributed by atoms with van der Waals surface area (Å²) in [6, 6.07) is 13.4. The maximum absolute atomic E-state index is 12.4. The molecule has 0 aliphatic heterocycles. The fraction of sp³-hybridized carbons (Fsp3) is 0.273. The second-order valence-electron chi connectivity index (χ2n) is 7.14. The summed E-state index contributed by atoms with van der Waals surface area (Å²) in [6.07, 6.45) is -2.24. The monoisotopic (exact) mass is 430 g/mol. The number of para-hydroxylation sites is 1. The van der Waals surface area contributed by atoms with E-state index in [0.29, 0.717) is 23.5 Å². The number of hydrogen-bond donors (Lipinski definition) is 1. The van der Waals surface area contributed by atoms with Crippen molar-refractivity contribution in [2.24, 2.45) is 0 Å². The second kappa shape index (κ2) is 8.43. The number of halogens is 3. The molecular weight excluding hydrogens is 409 g/mol. The van der Waals surface area contributed by atoms with Gasteiger partial charge in [0.05, 0.1) is 36.6 Å². The zero-order valence-electron chi connectivity index (χ0n) is 16.8. The van der Waals surface area contributed by atoms with Crippen LogP contribution in [-0.4, -0.2) is 27.5 Å². The van der Waals surface area contributed by atoms with Crippen molar-refractivity contribution in [1.29, 1.82) is 0 Å². The molecule has 0 spiro atoms. The number of hydrogen-bond acceptors (Lipinski definition) is 5. The summed E-state index contributed by atoms with van der Waals surface area (Å²) < 4.78 is 49.1. The quantitative estimate of drug-likeness (QED) is 0.434. The SMILES string of the molecule is CCC(COCc1cccc(OC(F)(F)F)c1)n1cnc2c(N)nc3ccccc3c21. The summed E-state index contributed by atoms with van der Waals surface area (Å²) in [5.41, 5.74) is 9.00. The van der Waals surface area contributed by atoms with Gasteiger partial charge in [0.25, 0.3) is 0 Å². The van der Waals surface area contributed by atoms with Crippen LogP contribution in [-0.2, 0) is 11.3 Å². The maximum atomic E-state index is 12.4. The fourth-order valence-corrected chi connectivity index (χ4v) is 3.59. The Kier molecular flexibility index (Phi) is 5.69. The molecule has 162 valence electrons. The standard InChI is InChI=1S/C22H21F3N4O2/c1-2-15(12-30-11-14-6-5-7-16(10-14)31-22(23,24)25)29-13-27-19-20(29)17-8-3-4-9-18(17)28-21(19)26/h3-10,13,15H,2,11-12H2,1H3,(H2,26,28). The Morgan fingerprint density at radius 3 is 2.71 bits per heavy atom. The van der Waals surface area contributed by atoms with E-state index in [2.05, 4.69) is 14.7 Å². The number of nitrogen functional groups attached to an aromatic ring is 1. The van der Waals surface area contributed by atoms with Crippen LogP contribution in [0.25, 0.3) is 21.9 Å². The summed E-state index contributed by atoms with van der Waals surface area (Å²) >= 11 is 0. The van der Waals surface area contributed by atoms with E-state index in [-0.39, 0.29) is 18.4 Å². The molecule has 4 rings (SSSR count). The van der Waals surface area contributed by atoms with E-state index in [1.54, 1.807) is 12.4 Å². The number of benzene rings is 2. The van der Waals surface area contributed by atoms with Crippen molar-refractivity contribution >= 4 is 27.8 Å². The van der Waals surface area contributed by atoms with Crippen molar-refractivity contribution in [3.05, 3.63) is 60.4 Å². The highest BCUT2D eigenvalue weighted by molar-refractivity contribution is 6.06. The molecule has 31 heavy (non-hydrogen) atoms. The highest BCUT2D eigenvalue weighted by atomic mass is 19.4. The van der Waals surface area contributed by atoms with Gasteiger partial charge in [0.2, 0.25) is 0 Å². The molecule has 1 atom stereocenters. The lowest BCUT2D eigenvalue weighted by molar-refractivity contribution is -0.274. The molecule has 2 aromatic heterocycles. The third-order valence-electron chi connectivity index (χ3n) is 5.01. The molecule has 0 saturated carbocycles. The molecule has 0 saturated heterocycles. The number of aromatic nitrogens is 3. The number of fused-ring (bicyclic) bond motifs is 3. The lowest BCUT2D eigenvalue weighted by Crippen LogP contribution is -2.17. The highest BCUT2D eigenvalue weighted by Crippen LogP contribution is 2.30. The van der Waals surface area contributed by atoms with Gasteiger partial charge in [-0.2, -0.15) is 0 Å². The van der Waals surface area contributed by atoms with E-state index in [9.17, 15) is 13.2 Å². The first-order valence-corrected chi connectivity index (χ1v) is 9.79. The Morgan fingerprint density at radius 2 is 1.94 bits per heavy atom. The first-order valence-electron chi connectivity index (χ1n) is 9.79. The summed E-state index contributed by atoms with van der Waals surface area (Å²) in [4.78, 5) is 8.86. The van der Waals surface area contributed by atoms with Gasteiger partial charge in [-0.15, -0.1) is 13.2 Å². The van der Waals surface area contributed by atoms with E-state index in [1.165, 1.54) is 18.2 Å². The first kappa shape index (κ1) is 20.9. The zero-order chi connectivity index (χ0) is 22.0. The molecule has 0 amide bonds. The largest absolute Gasteiger partial charge is 0.573 e. The van der Waals surface area contributed by atoms with Crippen molar-refractivity contribution in [2.75, 3.05) is 12.3 Å². The van der Waals surface area contributed by atoms with Gasteiger partial charge in [0.1, 0.15) is 11.3 Å². The van der Waals surface area contributed by atoms with Crippen LogP contribution in [0, 0.1) is 0 Å². The normalized spacial score (nSPS) is 13.0. The minimum absolute atomic E-state index is 0.0372. The van der Waals surface area contributed by atoms with Gasteiger partial charge in [-0.25, -0.2) is 9.97 Å². The molecule has 0 aliphatic rings. The molecule has 2 heterocycles. The number of anilines is 1. The van der Waals surface area contributed by atoms with Crippen LogP contribution in [0.5, 0.6) is 5.75 Å². The van der Waals surface area contributed by atoms with Crippen LogP contribution in [0.1, 0.15) is 24.9 Å². The van der Waals surface area contributed by atoms with Gasteiger partial charge in [-0.3, -0.25) is 0 Å². The van der Waals surface area contributed by atoms with E-state index in [4.69, 9.17) is 10.5 Å². The summed E-state index contributed by atoms with van der Waals surface area (Å²) in [7, 11) is 0.